The second-order valence-electron chi connectivity index (χ2n) is 7.81. The van der Waals surface area contributed by atoms with Crippen LogP contribution in [-0.2, 0) is 10.9 Å². The van der Waals surface area contributed by atoms with Crippen LogP contribution in [0.15, 0.2) is 24.4 Å². The van der Waals surface area contributed by atoms with Gasteiger partial charge in [0.1, 0.15) is 18.4 Å². The zero-order valence-corrected chi connectivity index (χ0v) is 17.0. The van der Waals surface area contributed by atoms with Crippen molar-refractivity contribution in [3.8, 4) is 0 Å². The van der Waals surface area contributed by atoms with Gasteiger partial charge in [0.25, 0.3) is 0 Å². The van der Waals surface area contributed by atoms with Gasteiger partial charge < -0.3 is 19.9 Å². The molecule has 2 aliphatic rings. The van der Waals surface area contributed by atoms with Crippen LogP contribution in [0.25, 0.3) is 0 Å². The van der Waals surface area contributed by atoms with Gasteiger partial charge in [0.2, 0.25) is 5.95 Å². The zero-order chi connectivity index (χ0) is 21.3. The highest BCUT2D eigenvalue weighted by Gasteiger charge is 2.31. The lowest BCUT2D eigenvalue weighted by molar-refractivity contribution is -0.137. The van der Waals surface area contributed by atoms with Crippen molar-refractivity contribution in [1.82, 2.24) is 19.9 Å². The Hall–Kier alpha value is -2.46. The fraction of sp³-hybridized carbons (Fsp3) is 0.550. The normalized spacial score (nSPS) is 22.6. The van der Waals surface area contributed by atoms with E-state index < -0.39 is 11.7 Å². The Labute approximate surface area is 173 Å². The summed E-state index contributed by atoms with van der Waals surface area (Å²) < 4.78 is 44.8. The van der Waals surface area contributed by atoms with E-state index in [0.29, 0.717) is 25.1 Å². The van der Waals surface area contributed by atoms with Crippen molar-refractivity contribution in [3.63, 3.8) is 0 Å². The highest BCUT2D eigenvalue weighted by molar-refractivity contribution is 5.55. The second-order valence-corrected chi connectivity index (χ2v) is 7.81. The summed E-state index contributed by atoms with van der Waals surface area (Å²) in [4.78, 5) is 17.6. The fourth-order valence-corrected chi connectivity index (χ4v) is 3.88. The summed E-state index contributed by atoms with van der Waals surface area (Å²) in [6.07, 6.45) is -1.43. The molecule has 2 aliphatic heterocycles. The van der Waals surface area contributed by atoms with Gasteiger partial charge in [-0.2, -0.15) is 18.2 Å². The molecule has 4 rings (SSSR count). The molecule has 4 heterocycles. The molecule has 2 aromatic rings. The average molecular weight is 422 g/mol. The van der Waals surface area contributed by atoms with Crippen LogP contribution >= 0.6 is 0 Å². The first-order chi connectivity index (χ1) is 14.3. The predicted octanol–water partition coefficient (Wildman–Crippen LogP) is 3.63. The van der Waals surface area contributed by atoms with Crippen molar-refractivity contribution >= 4 is 17.6 Å². The number of rotatable bonds is 5. The van der Waals surface area contributed by atoms with Gasteiger partial charge in [-0.3, -0.25) is 0 Å². The van der Waals surface area contributed by atoms with Crippen LogP contribution in [0.4, 0.5) is 30.8 Å². The van der Waals surface area contributed by atoms with Crippen molar-refractivity contribution in [3.05, 3.63) is 35.7 Å². The fourth-order valence-electron chi connectivity index (χ4n) is 3.88. The van der Waals surface area contributed by atoms with Crippen LogP contribution < -0.4 is 10.2 Å². The number of likely N-dealkylation sites (N-methyl/N-ethyl adjacent to an activating group) is 1. The van der Waals surface area contributed by atoms with E-state index in [4.69, 9.17) is 9.72 Å². The molecule has 30 heavy (non-hydrogen) atoms. The summed E-state index contributed by atoms with van der Waals surface area (Å²) >= 11 is 0. The van der Waals surface area contributed by atoms with Crippen LogP contribution in [0.2, 0.25) is 0 Å². The molecule has 2 aromatic heterocycles. The summed E-state index contributed by atoms with van der Waals surface area (Å²) in [6.45, 7) is 4.94. The smallest absolute Gasteiger partial charge is 0.359 e. The third-order valence-corrected chi connectivity index (χ3v) is 5.60. The number of hydrogen-bond acceptors (Lipinski definition) is 7. The topological polar surface area (TPSA) is 66.4 Å². The van der Waals surface area contributed by atoms with E-state index in [0.717, 1.165) is 50.0 Å². The monoisotopic (exact) mass is 422 g/mol. The summed E-state index contributed by atoms with van der Waals surface area (Å²) in [5.41, 5.74) is 0.117. The Kier molecular flexibility index (Phi) is 5.79. The van der Waals surface area contributed by atoms with E-state index in [9.17, 15) is 13.2 Å². The molecule has 1 N–H and O–H groups in total. The van der Waals surface area contributed by atoms with Crippen molar-refractivity contribution in [2.24, 2.45) is 0 Å². The first-order valence-corrected chi connectivity index (χ1v) is 10.1. The van der Waals surface area contributed by atoms with Crippen LogP contribution in [0.3, 0.4) is 0 Å². The molecule has 0 radical (unpaired) electrons. The largest absolute Gasteiger partial charge is 0.416 e. The molecule has 0 aromatic carbocycles. The molecule has 2 fully saturated rings. The summed E-state index contributed by atoms with van der Waals surface area (Å²) in [6, 6.07) is 3.92. The lowest BCUT2D eigenvalue weighted by Gasteiger charge is -2.23. The number of nitrogens with zero attached hydrogens (tertiary/aromatic N) is 5. The van der Waals surface area contributed by atoms with Crippen LogP contribution in [-0.4, -0.2) is 59.4 Å². The van der Waals surface area contributed by atoms with Crippen molar-refractivity contribution in [2.45, 2.75) is 37.9 Å². The van der Waals surface area contributed by atoms with Gasteiger partial charge in [-0.25, -0.2) is 9.97 Å². The first-order valence-electron chi connectivity index (χ1n) is 10.1. The number of nitrogens with one attached hydrogen (secondary N) is 1. The Morgan fingerprint density at radius 3 is 2.77 bits per heavy atom. The van der Waals surface area contributed by atoms with Gasteiger partial charge in [0.15, 0.2) is 0 Å². The van der Waals surface area contributed by atoms with Gasteiger partial charge in [0.05, 0.1) is 23.9 Å². The second kappa shape index (κ2) is 8.35. The van der Waals surface area contributed by atoms with E-state index in [1.54, 1.807) is 0 Å². The van der Waals surface area contributed by atoms with E-state index in [1.165, 1.54) is 0 Å². The minimum atomic E-state index is -4.43. The van der Waals surface area contributed by atoms with Gasteiger partial charge in [-0.05, 0) is 38.6 Å². The minimum absolute atomic E-state index is 0.0914. The number of pyridine rings is 1. The number of likely N-dealkylation sites (tertiary alicyclic amines) is 1. The molecule has 0 saturated carbocycles. The van der Waals surface area contributed by atoms with E-state index in [2.05, 4.69) is 34.2 Å². The minimum Gasteiger partial charge on any atom is -0.359 e. The number of ether oxygens (including phenoxy) is 1. The molecule has 0 spiro atoms. The Bertz CT molecular complexity index is 893. The van der Waals surface area contributed by atoms with Crippen LogP contribution in [0, 0.1) is 0 Å². The third-order valence-electron chi connectivity index (χ3n) is 5.60. The van der Waals surface area contributed by atoms with E-state index in [1.807, 2.05) is 11.0 Å². The number of anilines is 3. The zero-order valence-electron chi connectivity index (χ0n) is 17.0. The molecule has 2 atom stereocenters. The highest BCUT2D eigenvalue weighted by atomic mass is 19.4. The summed E-state index contributed by atoms with van der Waals surface area (Å²) in [7, 11) is 2.06. The number of halogens is 3. The van der Waals surface area contributed by atoms with Crippen molar-refractivity contribution in [2.75, 3.05) is 43.7 Å². The molecule has 0 aliphatic carbocycles. The molecule has 7 nitrogen and oxygen atoms in total. The maximum atomic E-state index is 13.1. The standard InChI is InChI=1S/C20H25F3N6O/c1-3-15-11-30-12-29(15)19-25-16(13-5-7-28(2)10-13)9-18(27-19)26-17-8-14(4-6-24-17)20(21,22)23/h4,6,8-9,13,15H,3,5,7,10-12H2,1-2H3,(H,24,25,26,27). The molecular weight excluding hydrogens is 397 g/mol. The van der Waals surface area contributed by atoms with Gasteiger partial charge in [-0.15, -0.1) is 0 Å². The van der Waals surface area contributed by atoms with Crippen LogP contribution in [0.5, 0.6) is 0 Å². The molecular formula is C20H25F3N6O. The Morgan fingerprint density at radius 1 is 1.23 bits per heavy atom. The van der Waals surface area contributed by atoms with Crippen molar-refractivity contribution in [1.29, 1.82) is 0 Å². The summed E-state index contributed by atoms with van der Waals surface area (Å²) in [5, 5.41) is 2.94. The van der Waals surface area contributed by atoms with E-state index in [-0.39, 0.29) is 17.8 Å². The predicted molar refractivity (Wildman–Crippen MR) is 107 cm³/mol. The third kappa shape index (κ3) is 4.49. The first kappa shape index (κ1) is 20.8. The van der Waals surface area contributed by atoms with Gasteiger partial charge >= 0.3 is 6.18 Å². The van der Waals surface area contributed by atoms with Crippen LogP contribution in [0.1, 0.15) is 36.9 Å². The van der Waals surface area contributed by atoms with Crippen molar-refractivity contribution < 1.29 is 17.9 Å². The molecule has 2 unspecified atom stereocenters. The van der Waals surface area contributed by atoms with Gasteiger partial charge in [-0.1, -0.05) is 6.92 Å². The molecule has 0 bridgehead atoms. The van der Waals surface area contributed by atoms with E-state index >= 15 is 0 Å². The molecule has 10 heteroatoms. The Morgan fingerprint density at radius 2 is 2.07 bits per heavy atom. The average Bonchev–Trinajstić information content (AvgIpc) is 3.36. The summed E-state index contributed by atoms with van der Waals surface area (Å²) in [5.74, 6) is 1.29. The number of aromatic nitrogens is 3. The molecule has 2 saturated heterocycles. The maximum absolute atomic E-state index is 13.1. The SMILES string of the molecule is CCC1COCN1c1nc(Nc2cc(C(F)(F)F)ccn2)cc(C2CCN(C)C2)n1. The molecule has 162 valence electrons. The highest BCUT2D eigenvalue weighted by Crippen LogP contribution is 2.32. The maximum Gasteiger partial charge on any atom is 0.416 e. The molecule has 0 amide bonds. The Balaban J connectivity index is 1.67. The quantitative estimate of drug-likeness (QED) is 0.789. The lowest BCUT2D eigenvalue weighted by atomic mass is 10.0. The number of alkyl halides is 3. The van der Waals surface area contributed by atoms with Gasteiger partial charge in [0, 0.05) is 24.7 Å². The number of hydrogen-bond donors (Lipinski definition) is 1. The lowest BCUT2D eigenvalue weighted by Crippen LogP contribution is -2.32.